The highest BCUT2D eigenvalue weighted by atomic mass is 16.2. The van der Waals surface area contributed by atoms with Gasteiger partial charge in [0.2, 0.25) is 0 Å². The average molecular weight is 711 g/mol. The molecular formula is C46H38N4O4. The molecule has 2 heterocycles. The van der Waals surface area contributed by atoms with Gasteiger partial charge in [-0.1, -0.05) is 36.4 Å². The zero-order valence-electron chi connectivity index (χ0n) is 30.9. The SMILES string of the molecule is Cc1cc(N2C(=O)c3ccc(-c4ccc(N)cc4)cc3C2=O)c(C)c(C)c1-c1cc(C)c(N2C(=O)c3ccc(-c4ccc(N)cc4)cc3C2=O)c(C)c1C. The summed E-state index contributed by atoms with van der Waals surface area (Å²) in [7, 11) is 0. The lowest BCUT2D eigenvalue weighted by atomic mass is 9.86. The summed E-state index contributed by atoms with van der Waals surface area (Å²) >= 11 is 0. The summed E-state index contributed by atoms with van der Waals surface area (Å²) in [6.45, 7) is 11.8. The second-order valence-electron chi connectivity index (χ2n) is 14.3. The number of carbonyl (C=O) groups excluding carboxylic acids is 4. The standard InChI is InChI=1S/C46H38N4O4/c1-23-20-40(49-43(51)35-17-11-31(21-38(35)45(49)53)29-7-13-33(47)14-8-29)26(4)27(5)41(23)37-19-24(2)42(28(6)25(37)3)50-44(52)36-18-12-32(22-39(36)46(50)54)30-9-15-34(48)16-10-30/h7-22H,47-48H2,1-6H3. The number of hydrogen-bond acceptors (Lipinski definition) is 6. The summed E-state index contributed by atoms with van der Waals surface area (Å²) in [5.41, 5.74) is 26.1. The number of benzene rings is 6. The van der Waals surface area contributed by atoms with E-state index in [1.165, 1.54) is 9.80 Å². The Labute approximate surface area is 313 Å². The Kier molecular flexibility index (Phi) is 7.88. The van der Waals surface area contributed by atoms with Crippen LogP contribution in [0.3, 0.4) is 0 Å². The van der Waals surface area contributed by atoms with Crippen molar-refractivity contribution in [1.29, 1.82) is 0 Å². The van der Waals surface area contributed by atoms with Gasteiger partial charge in [0.1, 0.15) is 0 Å². The van der Waals surface area contributed by atoms with Crippen molar-refractivity contribution in [3.05, 3.63) is 153 Å². The van der Waals surface area contributed by atoms with Gasteiger partial charge in [0.05, 0.1) is 33.6 Å². The molecule has 8 rings (SSSR count). The van der Waals surface area contributed by atoms with Gasteiger partial charge in [-0.3, -0.25) is 19.2 Å². The fourth-order valence-corrected chi connectivity index (χ4v) is 7.99. The Morgan fingerprint density at radius 2 is 0.833 bits per heavy atom. The van der Waals surface area contributed by atoms with Crippen LogP contribution in [0.4, 0.5) is 22.7 Å². The van der Waals surface area contributed by atoms with Crippen LogP contribution in [0.5, 0.6) is 0 Å². The van der Waals surface area contributed by atoms with E-state index in [1.807, 2.05) is 90.1 Å². The van der Waals surface area contributed by atoms with Gasteiger partial charge in [-0.2, -0.15) is 0 Å². The van der Waals surface area contributed by atoms with E-state index in [2.05, 4.69) is 0 Å². The molecule has 54 heavy (non-hydrogen) atoms. The van der Waals surface area contributed by atoms with Gasteiger partial charge in [-0.15, -0.1) is 0 Å². The molecule has 0 unspecified atom stereocenters. The summed E-state index contributed by atoms with van der Waals surface area (Å²) in [4.78, 5) is 58.2. The van der Waals surface area contributed by atoms with Crippen molar-refractivity contribution < 1.29 is 19.2 Å². The maximum atomic E-state index is 14.0. The fourth-order valence-electron chi connectivity index (χ4n) is 7.99. The molecule has 0 atom stereocenters. The van der Waals surface area contributed by atoms with Crippen molar-refractivity contribution >= 4 is 46.4 Å². The number of nitrogen functional groups attached to an aromatic ring is 2. The van der Waals surface area contributed by atoms with E-state index in [9.17, 15) is 19.2 Å². The molecule has 6 aromatic rings. The van der Waals surface area contributed by atoms with Crippen LogP contribution < -0.4 is 21.3 Å². The smallest absolute Gasteiger partial charge is 0.266 e. The number of anilines is 4. The third kappa shape index (κ3) is 5.13. The highest BCUT2D eigenvalue weighted by Crippen LogP contribution is 2.44. The molecule has 0 saturated heterocycles. The molecule has 266 valence electrons. The average Bonchev–Trinajstić information content (AvgIpc) is 3.55. The third-order valence-corrected chi connectivity index (χ3v) is 11.1. The number of fused-ring (bicyclic) bond motifs is 2. The number of hydrogen-bond donors (Lipinski definition) is 2. The van der Waals surface area contributed by atoms with Gasteiger partial charge >= 0.3 is 0 Å². The van der Waals surface area contributed by atoms with Crippen LogP contribution in [-0.4, -0.2) is 23.6 Å². The summed E-state index contributed by atoms with van der Waals surface area (Å²) < 4.78 is 0. The molecule has 0 radical (unpaired) electrons. The summed E-state index contributed by atoms with van der Waals surface area (Å²) in [6.07, 6.45) is 0. The van der Waals surface area contributed by atoms with E-state index in [4.69, 9.17) is 11.5 Å². The third-order valence-electron chi connectivity index (χ3n) is 11.1. The molecule has 6 aromatic carbocycles. The van der Waals surface area contributed by atoms with Crippen LogP contribution in [0, 0.1) is 41.5 Å². The lowest BCUT2D eigenvalue weighted by Gasteiger charge is -2.26. The van der Waals surface area contributed by atoms with Crippen LogP contribution >= 0.6 is 0 Å². The first-order valence-electron chi connectivity index (χ1n) is 17.8. The molecule has 0 saturated carbocycles. The second-order valence-corrected chi connectivity index (χ2v) is 14.3. The number of nitrogens with zero attached hydrogens (tertiary/aromatic N) is 2. The molecule has 8 nitrogen and oxygen atoms in total. The van der Waals surface area contributed by atoms with Gasteiger partial charge in [-0.05, 0) is 169 Å². The highest BCUT2D eigenvalue weighted by Gasteiger charge is 2.40. The van der Waals surface area contributed by atoms with E-state index in [0.717, 1.165) is 66.8 Å². The van der Waals surface area contributed by atoms with Gasteiger partial charge in [0.15, 0.2) is 0 Å². The molecule has 0 spiro atoms. The molecule has 0 fully saturated rings. The van der Waals surface area contributed by atoms with Gasteiger partial charge in [0, 0.05) is 11.4 Å². The Hall–Kier alpha value is -6.80. The Morgan fingerprint density at radius 3 is 1.35 bits per heavy atom. The predicted molar refractivity (Wildman–Crippen MR) is 215 cm³/mol. The van der Waals surface area contributed by atoms with Crippen molar-refractivity contribution in [2.75, 3.05) is 21.3 Å². The maximum absolute atomic E-state index is 14.0. The molecule has 0 bridgehead atoms. The zero-order valence-corrected chi connectivity index (χ0v) is 30.9. The summed E-state index contributed by atoms with van der Waals surface area (Å²) in [5.74, 6) is -1.44. The largest absolute Gasteiger partial charge is 0.399 e. The van der Waals surface area contributed by atoms with Crippen LogP contribution in [0.1, 0.15) is 74.8 Å². The molecule has 8 heteroatoms. The van der Waals surface area contributed by atoms with E-state index >= 15 is 0 Å². The first-order valence-corrected chi connectivity index (χ1v) is 17.8. The number of nitrogens with two attached hydrogens (primary N) is 2. The normalized spacial score (nSPS) is 13.6. The van der Waals surface area contributed by atoms with Crippen LogP contribution in [0.15, 0.2) is 97.1 Å². The lowest BCUT2D eigenvalue weighted by Crippen LogP contribution is -2.31. The van der Waals surface area contributed by atoms with E-state index < -0.39 is 0 Å². The first kappa shape index (κ1) is 34.3. The molecule has 0 aliphatic carbocycles. The van der Waals surface area contributed by atoms with Gasteiger partial charge in [-0.25, -0.2) is 9.80 Å². The van der Waals surface area contributed by atoms with Crippen molar-refractivity contribution in [2.24, 2.45) is 0 Å². The maximum Gasteiger partial charge on any atom is 0.266 e. The molecular weight excluding hydrogens is 673 g/mol. The quantitative estimate of drug-likeness (QED) is 0.136. The number of carbonyl (C=O) groups is 4. The van der Waals surface area contributed by atoms with Gasteiger partial charge < -0.3 is 11.5 Å². The monoisotopic (exact) mass is 710 g/mol. The topological polar surface area (TPSA) is 127 Å². The molecule has 2 aliphatic rings. The molecule has 0 aromatic heterocycles. The predicted octanol–water partition coefficient (Wildman–Crippen LogP) is 9.30. The molecule has 4 amide bonds. The van der Waals surface area contributed by atoms with Crippen molar-refractivity contribution in [3.63, 3.8) is 0 Å². The lowest BCUT2D eigenvalue weighted by molar-refractivity contribution is 0.0910. The number of amides is 4. The van der Waals surface area contributed by atoms with Crippen LogP contribution in [0.2, 0.25) is 0 Å². The van der Waals surface area contributed by atoms with Crippen molar-refractivity contribution in [2.45, 2.75) is 41.5 Å². The Morgan fingerprint density at radius 1 is 0.389 bits per heavy atom. The van der Waals surface area contributed by atoms with Gasteiger partial charge in [0.25, 0.3) is 23.6 Å². The highest BCUT2D eigenvalue weighted by molar-refractivity contribution is 6.36. The zero-order chi connectivity index (χ0) is 38.3. The minimum absolute atomic E-state index is 0.355. The van der Waals surface area contributed by atoms with Crippen LogP contribution in [0.25, 0.3) is 33.4 Å². The number of aryl methyl sites for hydroxylation is 2. The van der Waals surface area contributed by atoms with Crippen LogP contribution in [-0.2, 0) is 0 Å². The second kappa shape index (κ2) is 12.4. The fraction of sp³-hybridized carbons (Fsp3) is 0.130. The van der Waals surface area contributed by atoms with E-state index in [1.54, 1.807) is 48.5 Å². The van der Waals surface area contributed by atoms with Crippen molar-refractivity contribution in [3.8, 4) is 33.4 Å². The minimum Gasteiger partial charge on any atom is -0.399 e. The number of imide groups is 2. The molecule has 2 aliphatic heterocycles. The Bertz CT molecular complexity index is 2660. The minimum atomic E-state index is -0.365. The number of rotatable bonds is 5. The first-order chi connectivity index (χ1) is 25.8. The summed E-state index contributed by atoms with van der Waals surface area (Å²) in [5, 5.41) is 0. The van der Waals surface area contributed by atoms with E-state index in [-0.39, 0.29) is 23.6 Å². The molecule has 4 N–H and O–H groups in total. The van der Waals surface area contributed by atoms with Crippen molar-refractivity contribution in [1.82, 2.24) is 0 Å². The Balaban J connectivity index is 1.14. The van der Waals surface area contributed by atoms with E-state index in [0.29, 0.717) is 45.0 Å². The summed E-state index contributed by atoms with van der Waals surface area (Å²) in [6, 6.07) is 29.4.